The second-order valence-electron chi connectivity index (χ2n) is 4.70. The fourth-order valence-corrected chi connectivity index (χ4v) is 2.92. The van der Waals surface area contributed by atoms with E-state index < -0.39 is 12.0 Å². The summed E-state index contributed by atoms with van der Waals surface area (Å²) in [4.78, 5) is 17.7. The lowest BCUT2D eigenvalue weighted by Crippen LogP contribution is -2.36. The molecule has 19 heavy (non-hydrogen) atoms. The lowest BCUT2D eigenvalue weighted by atomic mass is 10.2. The van der Waals surface area contributed by atoms with Crippen LogP contribution >= 0.6 is 15.9 Å². The monoisotopic (exact) mass is 320 g/mol. The highest BCUT2D eigenvalue weighted by Crippen LogP contribution is 2.27. The molecule has 1 fully saturated rings. The Kier molecular flexibility index (Phi) is 3.14. The molecule has 2 aromatic rings. The molecule has 0 radical (unpaired) electrons. The van der Waals surface area contributed by atoms with Crippen molar-refractivity contribution in [3.63, 3.8) is 0 Å². The van der Waals surface area contributed by atoms with Gasteiger partial charge in [-0.25, -0.2) is 9.78 Å². The third kappa shape index (κ3) is 2.30. The third-order valence-corrected chi connectivity index (χ3v) is 3.96. The number of carboxylic acid groups (broad SMARTS) is 1. The Morgan fingerprint density at radius 1 is 1.37 bits per heavy atom. The SMILES string of the molecule is O=C(O)[C@H]1CCCN1c1ccc2cc(Br)ccc2n1. The first-order valence-electron chi connectivity index (χ1n) is 6.21. The van der Waals surface area contributed by atoms with Gasteiger partial charge in [0, 0.05) is 16.4 Å². The molecule has 1 aliphatic rings. The quantitative estimate of drug-likeness (QED) is 0.924. The number of aromatic nitrogens is 1. The van der Waals surface area contributed by atoms with Gasteiger partial charge in [-0.05, 0) is 43.2 Å². The Labute approximate surface area is 119 Å². The highest BCUT2D eigenvalue weighted by Gasteiger charge is 2.31. The molecule has 1 aliphatic heterocycles. The molecule has 1 N–H and O–H groups in total. The van der Waals surface area contributed by atoms with Gasteiger partial charge in [-0.3, -0.25) is 0 Å². The third-order valence-electron chi connectivity index (χ3n) is 3.47. The average Bonchev–Trinajstić information content (AvgIpc) is 2.87. The number of rotatable bonds is 2. The number of pyridine rings is 1. The molecule has 0 aliphatic carbocycles. The van der Waals surface area contributed by atoms with Crippen molar-refractivity contribution < 1.29 is 9.90 Å². The molecule has 5 heteroatoms. The molecular formula is C14H13BrN2O2. The van der Waals surface area contributed by atoms with Crippen LogP contribution < -0.4 is 4.90 Å². The summed E-state index contributed by atoms with van der Waals surface area (Å²) in [5, 5.41) is 10.3. The van der Waals surface area contributed by atoms with E-state index >= 15 is 0 Å². The minimum absolute atomic E-state index is 0.444. The topological polar surface area (TPSA) is 53.4 Å². The lowest BCUT2D eigenvalue weighted by molar-refractivity contribution is -0.138. The van der Waals surface area contributed by atoms with E-state index in [1.54, 1.807) is 0 Å². The van der Waals surface area contributed by atoms with Crippen molar-refractivity contribution in [1.29, 1.82) is 0 Å². The molecule has 0 unspecified atom stereocenters. The zero-order valence-corrected chi connectivity index (χ0v) is 11.8. The van der Waals surface area contributed by atoms with Crippen molar-refractivity contribution in [1.82, 2.24) is 4.98 Å². The molecule has 2 heterocycles. The number of carbonyl (C=O) groups is 1. The summed E-state index contributed by atoms with van der Waals surface area (Å²) >= 11 is 3.43. The van der Waals surface area contributed by atoms with E-state index in [1.165, 1.54) is 0 Å². The fraction of sp³-hybridized carbons (Fsp3) is 0.286. The van der Waals surface area contributed by atoms with E-state index in [-0.39, 0.29) is 0 Å². The predicted octanol–water partition coefficient (Wildman–Crippen LogP) is 3.05. The first-order chi connectivity index (χ1) is 9.15. The first-order valence-corrected chi connectivity index (χ1v) is 7.00. The van der Waals surface area contributed by atoms with E-state index in [2.05, 4.69) is 20.9 Å². The van der Waals surface area contributed by atoms with Gasteiger partial charge in [-0.15, -0.1) is 0 Å². The fourth-order valence-electron chi connectivity index (χ4n) is 2.54. The number of hydrogen-bond donors (Lipinski definition) is 1. The lowest BCUT2D eigenvalue weighted by Gasteiger charge is -2.22. The van der Waals surface area contributed by atoms with Crippen molar-refractivity contribution in [2.75, 3.05) is 11.4 Å². The van der Waals surface area contributed by atoms with Gasteiger partial charge in [0.05, 0.1) is 5.52 Å². The normalized spacial score (nSPS) is 19.0. The van der Waals surface area contributed by atoms with Crippen LogP contribution in [0, 0.1) is 0 Å². The van der Waals surface area contributed by atoms with Gasteiger partial charge in [-0.1, -0.05) is 15.9 Å². The van der Waals surface area contributed by atoms with Crippen LogP contribution in [0.2, 0.25) is 0 Å². The Morgan fingerprint density at radius 3 is 3.00 bits per heavy atom. The molecule has 0 bridgehead atoms. The van der Waals surface area contributed by atoms with Gasteiger partial charge in [0.25, 0.3) is 0 Å². The molecular weight excluding hydrogens is 308 g/mol. The average molecular weight is 321 g/mol. The number of fused-ring (bicyclic) bond motifs is 1. The standard InChI is InChI=1S/C14H13BrN2O2/c15-10-4-5-11-9(8-10)3-6-13(16-11)17-7-1-2-12(17)14(18)19/h3-6,8,12H,1-2,7H2,(H,18,19)/t12-/m1/s1. The Bertz CT molecular complexity index is 644. The summed E-state index contributed by atoms with van der Waals surface area (Å²) in [5.74, 6) is -0.0186. The van der Waals surface area contributed by atoms with Crippen molar-refractivity contribution in [2.45, 2.75) is 18.9 Å². The number of carboxylic acids is 1. The largest absolute Gasteiger partial charge is 0.480 e. The number of anilines is 1. The van der Waals surface area contributed by atoms with Gasteiger partial charge in [0.2, 0.25) is 0 Å². The van der Waals surface area contributed by atoms with Crippen LogP contribution in [0.1, 0.15) is 12.8 Å². The van der Waals surface area contributed by atoms with Crippen LogP contribution in [0.5, 0.6) is 0 Å². The summed E-state index contributed by atoms with van der Waals surface area (Å²) in [5.41, 5.74) is 0.886. The molecule has 1 aromatic carbocycles. The summed E-state index contributed by atoms with van der Waals surface area (Å²) in [6.45, 7) is 0.756. The number of nitrogens with zero attached hydrogens (tertiary/aromatic N) is 2. The van der Waals surface area contributed by atoms with Gasteiger partial charge >= 0.3 is 5.97 Å². The van der Waals surface area contributed by atoms with E-state index in [9.17, 15) is 9.90 Å². The Morgan fingerprint density at radius 2 is 2.21 bits per heavy atom. The molecule has 0 spiro atoms. The van der Waals surface area contributed by atoms with Crippen LogP contribution in [-0.2, 0) is 4.79 Å². The summed E-state index contributed by atoms with van der Waals surface area (Å²) in [6, 6.07) is 9.33. The summed E-state index contributed by atoms with van der Waals surface area (Å²) < 4.78 is 1.01. The number of hydrogen-bond acceptors (Lipinski definition) is 3. The molecule has 1 atom stereocenters. The van der Waals surface area contributed by atoms with E-state index in [0.717, 1.165) is 34.2 Å². The number of benzene rings is 1. The van der Waals surface area contributed by atoms with Gasteiger partial charge < -0.3 is 10.0 Å². The zero-order chi connectivity index (χ0) is 13.4. The number of halogens is 1. The molecule has 1 saturated heterocycles. The predicted molar refractivity (Wildman–Crippen MR) is 77.4 cm³/mol. The zero-order valence-electron chi connectivity index (χ0n) is 10.2. The highest BCUT2D eigenvalue weighted by atomic mass is 79.9. The second-order valence-corrected chi connectivity index (χ2v) is 5.61. The maximum Gasteiger partial charge on any atom is 0.326 e. The molecule has 0 amide bonds. The van der Waals surface area contributed by atoms with Crippen molar-refractivity contribution in [3.05, 3.63) is 34.8 Å². The smallest absolute Gasteiger partial charge is 0.326 e. The Hall–Kier alpha value is -1.62. The van der Waals surface area contributed by atoms with Gasteiger partial charge in [0.15, 0.2) is 0 Å². The molecule has 1 aromatic heterocycles. The van der Waals surface area contributed by atoms with E-state index in [4.69, 9.17) is 0 Å². The molecule has 4 nitrogen and oxygen atoms in total. The van der Waals surface area contributed by atoms with Gasteiger partial charge in [0.1, 0.15) is 11.9 Å². The summed E-state index contributed by atoms with van der Waals surface area (Å²) in [7, 11) is 0. The van der Waals surface area contributed by atoms with Crippen LogP contribution in [0.3, 0.4) is 0 Å². The highest BCUT2D eigenvalue weighted by molar-refractivity contribution is 9.10. The van der Waals surface area contributed by atoms with E-state index in [0.29, 0.717) is 6.42 Å². The van der Waals surface area contributed by atoms with Crippen molar-refractivity contribution >= 4 is 38.6 Å². The van der Waals surface area contributed by atoms with Crippen molar-refractivity contribution in [3.8, 4) is 0 Å². The minimum atomic E-state index is -0.768. The second kappa shape index (κ2) is 4.81. The molecule has 0 saturated carbocycles. The van der Waals surface area contributed by atoms with Crippen molar-refractivity contribution in [2.24, 2.45) is 0 Å². The maximum absolute atomic E-state index is 11.2. The van der Waals surface area contributed by atoms with Crippen LogP contribution in [0.25, 0.3) is 10.9 Å². The minimum Gasteiger partial charge on any atom is -0.480 e. The van der Waals surface area contributed by atoms with E-state index in [1.807, 2.05) is 35.2 Å². The van der Waals surface area contributed by atoms with Gasteiger partial charge in [-0.2, -0.15) is 0 Å². The van der Waals surface area contributed by atoms with Crippen LogP contribution in [0.15, 0.2) is 34.8 Å². The first kappa shape index (κ1) is 12.4. The molecule has 98 valence electrons. The van der Waals surface area contributed by atoms with Crippen LogP contribution in [0.4, 0.5) is 5.82 Å². The molecule has 3 rings (SSSR count). The maximum atomic E-state index is 11.2. The number of aliphatic carboxylic acids is 1. The van der Waals surface area contributed by atoms with Crippen LogP contribution in [-0.4, -0.2) is 28.6 Å². The summed E-state index contributed by atoms with van der Waals surface area (Å²) in [6.07, 6.45) is 1.59. The Balaban J connectivity index is 2.01.